The number of nitrogens with zero attached hydrogens (tertiary/aromatic N) is 1. The molecular formula is C12H23NO2. The van der Waals surface area contributed by atoms with Gasteiger partial charge in [0.2, 0.25) is 0 Å². The Hall–Kier alpha value is -0.990. The molecule has 0 heterocycles. The second-order valence-electron chi connectivity index (χ2n) is 4.58. The number of ether oxygens (including phenoxy) is 1. The van der Waals surface area contributed by atoms with Crippen LogP contribution in [-0.4, -0.2) is 31.1 Å². The molecule has 0 radical (unpaired) electrons. The van der Waals surface area contributed by atoms with Crippen LogP contribution < -0.4 is 0 Å². The van der Waals surface area contributed by atoms with Crippen molar-refractivity contribution in [3.05, 3.63) is 12.3 Å². The molecule has 0 rings (SSSR count). The number of carbonyl (C=O) groups is 1. The van der Waals surface area contributed by atoms with E-state index in [9.17, 15) is 4.79 Å². The maximum atomic E-state index is 11.0. The van der Waals surface area contributed by atoms with E-state index in [1.54, 1.807) is 0 Å². The summed E-state index contributed by atoms with van der Waals surface area (Å²) in [6.07, 6.45) is 3.30. The molecule has 3 nitrogen and oxygen atoms in total. The van der Waals surface area contributed by atoms with Crippen LogP contribution in [0.15, 0.2) is 12.3 Å². The summed E-state index contributed by atoms with van der Waals surface area (Å²) in [5, 5.41) is 0. The zero-order valence-electron chi connectivity index (χ0n) is 10.5. The van der Waals surface area contributed by atoms with Gasteiger partial charge < -0.3 is 9.64 Å². The van der Waals surface area contributed by atoms with Crippen molar-refractivity contribution >= 4 is 5.97 Å². The highest BCUT2D eigenvalue weighted by Gasteiger charge is 2.05. The highest BCUT2D eigenvalue weighted by Crippen LogP contribution is 2.04. The predicted octanol–water partition coefficient (Wildman–Crippen LogP) is 2.29. The molecule has 0 aromatic rings. The van der Waals surface area contributed by atoms with E-state index in [0.29, 0.717) is 11.8 Å². The molecule has 0 amide bonds. The minimum absolute atomic E-state index is 0.299. The Balaban J connectivity index is 4.23. The van der Waals surface area contributed by atoms with Crippen molar-refractivity contribution in [3.8, 4) is 0 Å². The summed E-state index contributed by atoms with van der Waals surface area (Å²) in [5.41, 5.74) is 0. The smallest absolute Gasteiger partial charge is 0.331 e. The highest BCUT2D eigenvalue weighted by molar-refractivity contribution is 5.81. The van der Waals surface area contributed by atoms with E-state index in [4.69, 9.17) is 0 Å². The van der Waals surface area contributed by atoms with E-state index < -0.39 is 0 Å². The van der Waals surface area contributed by atoms with E-state index in [0.717, 1.165) is 13.1 Å². The van der Waals surface area contributed by atoms with Crippen molar-refractivity contribution in [2.75, 3.05) is 20.2 Å². The second kappa shape index (κ2) is 7.32. The molecule has 0 saturated heterocycles. The van der Waals surface area contributed by atoms with Gasteiger partial charge in [0.1, 0.15) is 0 Å². The Kier molecular flexibility index (Phi) is 6.84. The molecule has 0 fully saturated rings. The van der Waals surface area contributed by atoms with Crippen LogP contribution in [0.1, 0.15) is 27.7 Å². The summed E-state index contributed by atoms with van der Waals surface area (Å²) >= 11 is 0. The molecule has 0 aliphatic carbocycles. The first-order chi connectivity index (χ1) is 6.95. The number of hydrogen-bond acceptors (Lipinski definition) is 3. The molecule has 15 heavy (non-hydrogen) atoms. The van der Waals surface area contributed by atoms with E-state index in [1.165, 1.54) is 13.2 Å². The predicted molar refractivity (Wildman–Crippen MR) is 62.4 cm³/mol. The van der Waals surface area contributed by atoms with Crippen LogP contribution in [0.2, 0.25) is 0 Å². The van der Waals surface area contributed by atoms with Crippen molar-refractivity contribution < 1.29 is 9.53 Å². The van der Waals surface area contributed by atoms with Crippen LogP contribution in [0.25, 0.3) is 0 Å². The molecule has 0 spiro atoms. The van der Waals surface area contributed by atoms with Crippen molar-refractivity contribution in [1.29, 1.82) is 0 Å². The molecule has 0 saturated carbocycles. The first-order valence-electron chi connectivity index (χ1n) is 5.46. The lowest BCUT2D eigenvalue weighted by molar-refractivity contribution is -0.134. The Bertz CT molecular complexity index is 200. The maximum Gasteiger partial charge on any atom is 0.331 e. The van der Waals surface area contributed by atoms with Crippen LogP contribution in [-0.2, 0) is 9.53 Å². The molecule has 0 aromatic heterocycles. The fraction of sp³-hybridized carbons (Fsp3) is 0.750. The van der Waals surface area contributed by atoms with E-state index in [1.807, 2.05) is 6.20 Å². The highest BCUT2D eigenvalue weighted by atomic mass is 16.5. The van der Waals surface area contributed by atoms with Gasteiger partial charge in [-0.2, -0.15) is 0 Å². The summed E-state index contributed by atoms with van der Waals surface area (Å²) in [6.45, 7) is 10.6. The first kappa shape index (κ1) is 14.0. The lowest BCUT2D eigenvalue weighted by Crippen LogP contribution is -2.26. The van der Waals surface area contributed by atoms with Crippen molar-refractivity contribution in [2.45, 2.75) is 27.7 Å². The molecule has 0 aromatic carbocycles. The summed E-state index contributed by atoms with van der Waals surface area (Å²) in [6, 6.07) is 0. The monoisotopic (exact) mass is 213 g/mol. The lowest BCUT2D eigenvalue weighted by Gasteiger charge is -2.24. The largest absolute Gasteiger partial charge is 0.466 e. The Morgan fingerprint density at radius 1 is 1.20 bits per heavy atom. The number of carbonyl (C=O) groups excluding carboxylic acids is 1. The quantitative estimate of drug-likeness (QED) is 0.501. The first-order valence-corrected chi connectivity index (χ1v) is 5.46. The van der Waals surface area contributed by atoms with Crippen LogP contribution in [0.3, 0.4) is 0 Å². The fourth-order valence-electron chi connectivity index (χ4n) is 1.37. The molecule has 0 N–H and O–H groups in total. The van der Waals surface area contributed by atoms with Gasteiger partial charge in [-0.1, -0.05) is 27.7 Å². The van der Waals surface area contributed by atoms with Gasteiger partial charge in [0, 0.05) is 25.4 Å². The molecule has 88 valence electrons. The average molecular weight is 213 g/mol. The second-order valence-corrected chi connectivity index (χ2v) is 4.58. The summed E-state index contributed by atoms with van der Waals surface area (Å²) in [4.78, 5) is 13.1. The third kappa shape index (κ3) is 8.03. The number of esters is 1. The van der Waals surface area contributed by atoms with Gasteiger partial charge in [-0.05, 0) is 11.8 Å². The fourth-order valence-corrected chi connectivity index (χ4v) is 1.37. The average Bonchev–Trinajstić information content (AvgIpc) is 2.11. The zero-order valence-corrected chi connectivity index (χ0v) is 10.5. The summed E-state index contributed by atoms with van der Waals surface area (Å²) in [5.74, 6) is 0.879. The summed E-state index contributed by atoms with van der Waals surface area (Å²) in [7, 11) is 1.39. The minimum atomic E-state index is -0.299. The molecule has 3 heteroatoms. The van der Waals surface area contributed by atoms with E-state index in [2.05, 4.69) is 37.3 Å². The normalized spacial score (nSPS) is 11.4. The van der Waals surface area contributed by atoms with Gasteiger partial charge in [0.05, 0.1) is 7.11 Å². The van der Waals surface area contributed by atoms with Crippen molar-refractivity contribution in [1.82, 2.24) is 4.90 Å². The molecule has 0 aliphatic rings. The van der Waals surface area contributed by atoms with Gasteiger partial charge in [0.25, 0.3) is 0 Å². The van der Waals surface area contributed by atoms with Gasteiger partial charge in [0.15, 0.2) is 0 Å². The van der Waals surface area contributed by atoms with Crippen molar-refractivity contribution in [2.24, 2.45) is 11.8 Å². The SMILES string of the molecule is COC(=O)C=CN(CC(C)C)CC(C)C. The Morgan fingerprint density at radius 3 is 2.00 bits per heavy atom. The van der Waals surface area contributed by atoms with Gasteiger partial charge in [-0.25, -0.2) is 4.79 Å². The molecular weight excluding hydrogens is 190 g/mol. The maximum absolute atomic E-state index is 11.0. The van der Waals surface area contributed by atoms with Gasteiger partial charge in [-0.3, -0.25) is 0 Å². The van der Waals surface area contributed by atoms with E-state index in [-0.39, 0.29) is 5.97 Å². The van der Waals surface area contributed by atoms with Crippen LogP contribution in [0, 0.1) is 11.8 Å². The number of methoxy groups -OCH3 is 1. The van der Waals surface area contributed by atoms with E-state index >= 15 is 0 Å². The molecule has 0 unspecified atom stereocenters. The molecule has 0 aliphatic heterocycles. The Labute approximate surface area is 93.1 Å². The van der Waals surface area contributed by atoms with Crippen LogP contribution in [0.5, 0.6) is 0 Å². The molecule has 0 bridgehead atoms. The number of hydrogen-bond donors (Lipinski definition) is 0. The third-order valence-electron chi connectivity index (χ3n) is 1.82. The third-order valence-corrected chi connectivity index (χ3v) is 1.82. The van der Waals surface area contributed by atoms with Crippen LogP contribution >= 0.6 is 0 Å². The standard InChI is InChI=1S/C12H23NO2/c1-10(2)8-13(9-11(3)4)7-6-12(14)15-5/h6-7,10-11H,8-9H2,1-5H3. The minimum Gasteiger partial charge on any atom is -0.466 e. The van der Waals surface area contributed by atoms with Gasteiger partial charge in [-0.15, -0.1) is 0 Å². The number of rotatable bonds is 6. The lowest BCUT2D eigenvalue weighted by atomic mass is 10.1. The van der Waals surface area contributed by atoms with Gasteiger partial charge >= 0.3 is 5.97 Å². The van der Waals surface area contributed by atoms with Crippen LogP contribution in [0.4, 0.5) is 0 Å². The molecule has 0 atom stereocenters. The van der Waals surface area contributed by atoms with Crippen molar-refractivity contribution in [3.63, 3.8) is 0 Å². The summed E-state index contributed by atoms with van der Waals surface area (Å²) < 4.78 is 4.56. The zero-order chi connectivity index (χ0) is 11.8. The Morgan fingerprint density at radius 2 is 1.67 bits per heavy atom. The topological polar surface area (TPSA) is 29.5 Å².